The van der Waals surface area contributed by atoms with Gasteiger partial charge in [-0.2, -0.15) is 5.10 Å². The summed E-state index contributed by atoms with van der Waals surface area (Å²) in [7, 11) is 0. The Balaban J connectivity index is 1.05. The molecule has 46 heavy (non-hydrogen) atoms. The lowest BCUT2D eigenvalue weighted by Gasteiger charge is -2.35. The molecule has 234 valence electrons. The molecule has 1 fully saturated rings. The fourth-order valence-corrected chi connectivity index (χ4v) is 6.41. The number of ether oxygens (including phenoxy) is 2. The molecule has 1 saturated heterocycles. The number of hydrogen-bond acceptors (Lipinski definition) is 6. The highest BCUT2D eigenvalue weighted by Gasteiger charge is 2.26. The maximum Gasteiger partial charge on any atom is 0.255 e. The summed E-state index contributed by atoms with van der Waals surface area (Å²) in [5, 5.41) is 8.37. The molecule has 0 radical (unpaired) electrons. The molecule has 2 aliphatic heterocycles. The SMILES string of the molecule is Cc1c(C(=O)NC(CCN2CCN(Cc3ccc4c(c3)OCO4)CC2)c2ccccc2)c(-c2ccccc2)nn1-c1ccccc1. The summed E-state index contributed by atoms with van der Waals surface area (Å²) in [4.78, 5) is 19.2. The monoisotopic (exact) mass is 613 g/mol. The standard InChI is InChI=1S/C38H39N5O3/c1-28-36(37(31-13-7-3-8-14-31)40-43(28)32-15-9-4-10-16-32)38(44)39-33(30-11-5-2-6-12-30)19-20-41-21-23-42(24-22-41)26-29-17-18-34-35(25-29)46-27-45-34/h2-18,25,33H,19-24,26-27H2,1H3,(H,39,44). The molecule has 1 amide bonds. The maximum atomic E-state index is 14.2. The second-order valence-corrected chi connectivity index (χ2v) is 12.0. The van der Waals surface area contributed by atoms with Gasteiger partial charge in [-0.25, -0.2) is 4.68 Å². The summed E-state index contributed by atoms with van der Waals surface area (Å²) in [5.74, 6) is 1.55. The predicted molar refractivity (Wildman–Crippen MR) is 179 cm³/mol. The summed E-state index contributed by atoms with van der Waals surface area (Å²) >= 11 is 0. The van der Waals surface area contributed by atoms with Gasteiger partial charge in [0.05, 0.1) is 23.0 Å². The van der Waals surface area contributed by atoms with Crippen LogP contribution in [0, 0.1) is 6.92 Å². The smallest absolute Gasteiger partial charge is 0.255 e. The van der Waals surface area contributed by atoms with Crippen molar-refractivity contribution in [3.63, 3.8) is 0 Å². The molecule has 1 atom stereocenters. The van der Waals surface area contributed by atoms with E-state index in [-0.39, 0.29) is 11.9 Å². The molecule has 7 rings (SSSR count). The number of nitrogens with zero attached hydrogens (tertiary/aromatic N) is 4. The highest BCUT2D eigenvalue weighted by molar-refractivity contribution is 6.01. The second kappa shape index (κ2) is 13.6. The van der Waals surface area contributed by atoms with Crippen molar-refractivity contribution in [3.05, 3.63) is 132 Å². The Hall–Kier alpha value is -4.92. The summed E-state index contributed by atoms with van der Waals surface area (Å²) < 4.78 is 12.9. The number of amides is 1. The number of carbonyl (C=O) groups excluding carboxylic acids is 1. The van der Waals surface area contributed by atoms with Crippen molar-refractivity contribution >= 4 is 5.91 Å². The zero-order valence-corrected chi connectivity index (χ0v) is 26.1. The van der Waals surface area contributed by atoms with E-state index in [1.54, 1.807) is 0 Å². The Labute approximate surface area is 270 Å². The minimum absolute atomic E-state index is 0.110. The average Bonchev–Trinajstić information content (AvgIpc) is 3.72. The van der Waals surface area contributed by atoms with Crippen LogP contribution in [0.1, 0.15) is 39.6 Å². The highest BCUT2D eigenvalue weighted by atomic mass is 16.7. The first-order valence-electron chi connectivity index (χ1n) is 16.0. The summed E-state index contributed by atoms with van der Waals surface area (Å²) in [5.41, 5.74) is 6.29. The molecule has 1 unspecified atom stereocenters. The summed E-state index contributed by atoms with van der Waals surface area (Å²) in [6.07, 6.45) is 0.810. The van der Waals surface area contributed by atoms with Crippen molar-refractivity contribution in [2.45, 2.75) is 25.9 Å². The quantitative estimate of drug-likeness (QED) is 0.201. The van der Waals surface area contributed by atoms with Gasteiger partial charge in [-0.15, -0.1) is 0 Å². The molecule has 0 aliphatic carbocycles. The van der Waals surface area contributed by atoms with E-state index in [2.05, 4.69) is 39.4 Å². The molecule has 0 spiro atoms. The van der Waals surface area contributed by atoms with Crippen LogP contribution in [0.25, 0.3) is 16.9 Å². The fraction of sp³-hybridized carbons (Fsp3) is 0.263. The van der Waals surface area contributed by atoms with Crippen LogP contribution in [0.2, 0.25) is 0 Å². The van der Waals surface area contributed by atoms with E-state index in [9.17, 15) is 4.79 Å². The van der Waals surface area contributed by atoms with Gasteiger partial charge >= 0.3 is 0 Å². The lowest BCUT2D eigenvalue weighted by molar-refractivity contribution is 0.0922. The van der Waals surface area contributed by atoms with E-state index in [1.165, 1.54) is 5.56 Å². The molecule has 0 saturated carbocycles. The van der Waals surface area contributed by atoms with Gasteiger partial charge in [0.15, 0.2) is 11.5 Å². The van der Waals surface area contributed by atoms with Gasteiger partial charge in [-0.1, -0.05) is 84.9 Å². The number of benzene rings is 4. The van der Waals surface area contributed by atoms with Crippen LogP contribution in [0.3, 0.4) is 0 Å². The van der Waals surface area contributed by atoms with Crippen LogP contribution in [0.15, 0.2) is 109 Å². The van der Waals surface area contributed by atoms with E-state index in [4.69, 9.17) is 14.6 Å². The lowest BCUT2D eigenvalue weighted by Crippen LogP contribution is -2.46. The van der Waals surface area contributed by atoms with Gasteiger partial charge < -0.3 is 19.7 Å². The molecule has 1 aromatic heterocycles. The molecule has 2 aliphatic rings. The number of aromatic nitrogens is 2. The normalized spacial score (nSPS) is 15.5. The molecule has 5 aromatic rings. The Morgan fingerprint density at radius 3 is 2.20 bits per heavy atom. The van der Waals surface area contributed by atoms with Crippen molar-refractivity contribution in [1.29, 1.82) is 0 Å². The van der Waals surface area contributed by atoms with Crippen molar-refractivity contribution < 1.29 is 14.3 Å². The van der Waals surface area contributed by atoms with Crippen molar-refractivity contribution in [1.82, 2.24) is 24.9 Å². The fourth-order valence-electron chi connectivity index (χ4n) is 6.41. The first-order chi connectivity index (χ1) is 22.6. The minimum Gasteiger partial charge on any atom is -0.454 e. The molecule has 4 aromatic carbocycles. The van der Waals surface area contributed by atoms with Crippen LogP contribution < -0.4 is 14.8 Å². The van der Waals surface area contributed by atoms with Gasteiger partial charge in [0.2, 0.25) is 6.79 Å². The summed E-state index contributed by atoms with van der Waals surface area (Å²) in [6.45, 7) is 8.03. The van der Waals surface area contributed by atoms with Crippen LogP contribution in [-0.4, -0.2) is 65.0 Å². The molecular formula is C38H39N5O3. The van der Waals surface area contributed by atoms with E-state index >= 15 is 0 Å². The third-order valence-corrected chi connectivity index (χ3v) is 8.94. The number of carbonyl (C=O) groups is 1. The number of fused-ring (bicyclic) bond motifs is 1. The largest absolute Gasteiger partial charge is 0.454 e. The van der Waals surface area contributed by atoms with Gasteiger partial charge in [0, 0.05) is 44.8 Å². The number of hydrogen-bond donors (Lipinski definition) is 1. The molecule has 8 heteroatoms. The maximum absolute atomic E-state index is 14.2. The zero-order chi connectivity index (χ0) is 31.3. The van der Waals surface area contributed by atoms with Crippen molar-refractivity contribution in [2.24, 2.45) is 0 Å². The molecule has 3 heterocycles. The number of rotatable bonds is 10. The predicted octanol–water partition coefficient (Wildman–Crippen LogP) is 6.26. The Morgan fingerprint density at radius 2 is 1.46 bits per heavy atom. The van der Waals surface area contributed by atoms with Gasteiger partial charge in [-0.05, 0) is 48.7 Å². The third kappa shape index (κ3) is 6.54. The zero-order valence-electron chi connectivity index (χ0n) is 26.1. The van der Waals surface area contributed by atoms with E-state index in [0.29, 0.717) is 18.1 Å². The van der Waals surface area contributed by atoms with Gasteiger partial charge in [0.1, 0.15) is 5.69 Å². The van der Waals surface area contributed by atoms with Gasteiger partial charge in [-0.3, -0.25) is 9.69 Å². The Morgan fingerprint density at radius 1 is 0.804 bits per heavy atom. The molecule has 1 N–H and O–H groups in total. The highest BCUT2D eigenvalue weighted by Crippen LogP contribution is 2.33. The van der Waals surface area contributed by atoms with Crippen LogP contribution in [-0.2, 0) is 6.54 Å². The first-order valence-corrected chi connectivity index (χ1v) is 16.0. The van der Waals surface area contributed by atoms with E-state index < -0.39 is 0 Å². The van der Waals surface area contributed by atoms with Crippen LogP contribution in [0.4, 0.5) is 0 Å². The molecule has 8 nitrogen and oxygen atoms in total. The molecular weight excluding hydrogens is 574 g/mol. The number of nitrogens with one attached hydrogen (secondary N) is 1. The van der Waals surface area contributed by atoms with Crippen molar-refractivity contribution in [2.75, 3.05) is 39.5 Å². The second-order valence-electron chi connectivity index (χ2n) is 12.0. The van der Waals surface area contributed by atoms with Gasteiger partial charge in [0.25, 0.3) is 5.91 Å². The lowest BCUT2D eigenvalue weighted by atomic mass is 10.0. The minimum atomic E-state index is -0.136. The summed E-state index contributed by atoms with van der Waals surface area (Å²) in [6, 6.07) is 36.3. The molecule has 0 bridgehead atoms. The number of piperazine rings is 1. The first kappa shape index (κ1) is 29.8. The Kier molecular flexibility index (Phi) is 8.80. The van der Waals surface area contributed by atoms with E-state index in [1.807, 2.05) is 96.5 Å². The number of para-hydroxylation sites is 1. The van der Waals surface area contributed by atoms with Crippen LogP contribution in [0.5, 0.6) is 11.5 Å². The third-order valence-electron chi connectivity index (χ3n) is 8.94. The van der Waals surface area contributed by atoms with E-state index in [0.717, 1.165) is 79.7 Å². The van der Waals surface area contributed by atoms with Crippen molar-refractivity contribution in [3.8, 4) is 28.4 Å². The average molecular weight is 614 g/mol. The topological polar surface area (TPSA) is 71.9 Å². The Bertz CT molecular complexity index is 1770. The van der Waals surface area contributed by atoms with Crippen LogP contribution >= 0.6 is 0 Å².